The molecule has 0 saturated carbocycles. The summed E-state index contributed by atoms with van der Waals surface area (Å²) < 4.78 is 36.1. The van der Waals surface area contributed by atoms with Crippen LogP contribution in [0.5, 0.6) is 0 Å². The van der Waals surface area contributed by atoms with Gasteiger partial charge in [0.1, 0.15) is 0 Å². The molecule has 4 nitrogen and oxygen atoms in total. The van der Waals surface area contributed by atoms with Crippen molar-refractivity contribution in [2.75, 3.05) is 39.8 Å². The first-order valence-electron chi connectivity index (χ1n) is 5.60. The Bertz CT molecular complexity index is 236. The molecule has 0 aliphatic heterocycles. The highest BCUT2D eigenvalue weighted by molar-refractivity contribution is 5.77. The number of guanidine groups is 1. The largest absolute Gasteiger partial charge is 0.401 e. The Balaban J connectivity index is 4.00. The van der Waals surface area contributed by atoms with Gasteiger partial charge >= 0.3 is 6.18 Å². The van der Waals surface area contributed by atoms with Crippen LogP contribution in [0, 0.1) is 0 Å². The van der Waals surface area contributed by atoms with E-state index in [-0.39, 0.29) is 13.1 Å². The van der Waals surface area contributed by atoms with Gasteiger partial charge in [0.25, 0.3) is 0 Å². The number of hydrogen-bond acceptors (Lipinski definition) is 2. The normalized spacial score (nSPS) is 13.2. The van der Waals surface area contributed by atoms with Crippen LogP contribution in [-0.2, 0) is 0 Å². The molecule has 7 heteroatoms. The predicted octanol–water partition coefficient (Wildman–Crippen LogP) is 1.14. The summed E-state index contributed by atoms with van der Waals surface area (Å²) in [5, 5.41) is 0. The number of hydrogen-bond donors (Lipinski definition) is 1. The van der Waals surface area contributed by atoms with Crippen LogP contribution in [0.25, 0.3) is 0 Å². The van der Waals surface area contributed by atoms with E-state index < -0.39 is 12.7 Å². The molecule has 0 aromatic carbocycles. The van der Waals surface area contributed by atoms with E-state index in [1.807, 2.05) is 18.7 Å². The molecule has 2 N–H and O–H groups in total. The number of nitrogens with zero attached hydrogens (tertiary/aromatic N) is 3. The maximum absolute atomic E-state index is 12.0. The minimum absolute atomic E-state index is 0.238. The smallest absolute Gasteiger partial charge is 0.370 e. The molecule has 17 heavy (non-hydrogen) atoms. The quantitative estimate of drug-likeness (QED) is 0.571. The molecule has 0 rings (SSSR count). The first-order valence-corrected chi connectivity index (χ1v) is 5.60. The van der Waals surface area contributed by atoms with Crippen LogP contribution in [0.1, 0.15) is 13.8 Å². The lowest BCUT2D eigenvalue weighted by molar-refractivity contribution is -0.142. The number of likely N-dealkylation sites (N-methyl/N-ethyl adjacent to an activating group) is 1. The summed E-state index contributed by atoms with van der Waals surface area (Å²) in [4.78, 5) is 7.08. The zero-order valence-corrected chi connectivity index (χ0v) is 10.6. The second kappa shape index (κ2) is 7.37. The van der Waals surface area contributed by atoms with Gasteiger partial charge in [-0.15, -0.1) is 0 Å². The van der Waals surface area contributed by atoms with Gasteiger partial charge in [0.05, 0.1) is 13.1 Å². The van der Waals surface area contributed by atoms with Crippen molar-refractivity contribution in [3.8, 4) is 0 Å². The second-order valence-corrected chi connectivity index (χ2v) is 3.77. The Kier molecular flexibility index (Phi) is 6.94. The summed E-state index contributed by atoms with van der Waals surface area (Å²) in [5.41, 5.74) is 5.69. The van der Waals surface area contributed by atoms with Gasteiger partial charge in [0.2, 0.25) is 0 Å². The van der Waals surface area contributed by atoms with E-state index in [1.54, 1.807) is 0 Å². The third-order valence-corrected chi connectivity index (χ3v) is 2.29. The van der Waals surface area contributed by atoms with Gasteiger partial charge in [-0.1, -0.05) is 0 Å². The van der Waals surface area contributed by atoms with Crippen molar-refractivity contribution in [1.82, 2.24) is 9.80 Å². The molecule has 0 radical (unpaired) electrons. The van der Waals surface area contributed by atoms with Crippen LogP contribution in [0.2, 0.25) is 0 Å². The molecule has 0 saturated heterocycles. The molecule has 0 heterocycles. The van der Waals surface area contributed by atoms with E-state index in [9.17, 15) is 13.2 Å². The molecule has 0 fully saturated rings. The molecule has 0 spiro atoms. The lowest BCUT2D eigenvalue weighted by atomic mass is 10.5. The van der Waals surface area contributed by atoms with Crippen LogP contribution in [0.4, 0.5) is 13.2 Å². The Morgan fingerprint density at radius 2 is 1.76 bits per heavy atom. The Morgan fingerprint density at radius 3 is 2.18 bits per heavy atom. The maximum atomic E-state index is 12.0. The minimum atomic E-state index is -4.16. The average Bonchev–Trinajstić information content (AvgIpc) is 2.16. The molecule has 0 aromatic rings. The topological polar surface area (TPSA) is 44.9 Å². The second-order valence-electron chi connectivity index (χ2n) is 3.77. The number of aliphatic imine (C=N–C) groups is 1. The Labute approximate surface area is 100 Å². The highest BCUT2D eigenvalue weighted by atomic mass is 19.4. The fraction of sp³-hybridized carbons (Fsp3) is 0.900. The number of halogens is 3. The summed E-state index contributed by atoms with van der Waals surface area (Å²) in [7, 11) is 1.41. The molecule has 102 valence electrons. The van der Waals surface area contributed by atoms with Crippen LogP contribution < -0.4 is 5.73 Å². The van der Waals surface area contributed by atoms with Crippen molar-refractivity contribution < 1.29 is 13.2 Å². The molecule has 0 bridgehead atoms. The molecular weight excluding hydrogens is 233 g/mol. The van der Waals surface area contributed by atoms with E-state index in [1.165, 1.54) is 11.9 Å². The zero-order chi connectivity index (χ0) is 13.5. The first-order chi connectivity index (χ1) is 7.80. The average molecular weight is 254 g/mol. The van der Waals surface area contributed by atoms with Gasteiger partial charge < -0.3 is 10.6 Å². The molecular formula is C10H21F3N4. The van der Waals surface area contributed by atoms with E-state index in [0.29, 0.717) is 5.96 Å². The monoisotopic (exact) mass is 254 g/mol. The third kappa shape index (κ3) is 7.84. The standard InChI is InChI=1S/C10H21F3N4/c1-4-17(5-2)9(14)15-6-7-16(3)8-10(11,12)13/h4-8H2,1-3H3,(H2,14,15). The summed E-state index contributed by atoms with van der Waals surface area (Å²) in [6.45, 7) is 4.96. The van der Waals surface area contributed by atoms with Crippen molar-refractivity contribution >= 4 is 5.96 Å². The maximum Gasteiger partial charge on any atom is 0.401 e. The summed E-state index contributed by atoms with van der Waals surface area (Å²) in [5.74, 6) is 0.385. The van der Waals surface area contributed by atoms with Crippen molar-refractivity contribution in [2.45, 2.75) is 20.0 Å². The summed E-state index contributed by atoms with van der Waals surface area (Å²) in [6.07, 6.45) is -4.16. The highest BCUT2D eigenvalue weighted by Crippen LogP contribution is 2.15. The summed E-state index contributed by atoms with van der Waals surface area (Å²) in [6, 6.07) is 0. The minimum Gasteiger partial charge on any atom is -0.370 e. The fourth-order valence-corrected chi connectivity index (χ4v) is 1.37. The van der Waals surface area contributed by atoms with E-state index in [0.717, 1.165) is 13.1 Å². The van der Waals surface area contributed by atoms with Gasteiger partial charge in [-0.3, -0.25) is 9.89 Å². The van der Waals surface area contributed by atoms with Gasteiger partial charge in [0.15, 0.2) is 5.96 Å². The van der Waals surface area contributed by atoms with E-state index >= 15 is 0 Å². The van der Waals surface area contributed by atoms with Gasteiger partial charge in [-0.05, 0) is 20.9 Å². The molecule has 0 aromatic heterocycles. The Hall–Kier alpha value is -0.980. The van der Waals surface area contributed by atoms with Crippen LogP contribution in [0.15, 0.2) is 4.99 Å². The molecule has 0 atom stereocenters. The van der Waals surface area contributed by atoms with Crippen molar-refractivity contribution in [1.29, 1.82) is 0 Å². The van der Waals surface area contributed by atoms with Gasteiger partial charge in [-0.2, -0.15) is 13.2 Å². The van der Waals surface area contributed by atoms with Gasteiger partial charge in [0, 0.05) is 19.6 Å². The van der Waals surface area contributed by atoms with Crippen molar-refractivity contribution in [3.05, 3.63) is 0 Å². The molecule has 0 aliphatic carbocycles. The number of rotatable bonds is 6. The van der Waals surface area contributed by atoms with Crippen molar-refractivity contribution in [3.63, 3.8) is 0 Å². The number of alkyl halides is 3. The number of nitrogens with two attached hydrogens (primary N) is 1. The van der Waals surface area contributed by atoms with E-state index in [2.05, 4.69) is 4.99 Å². The lowest BCUT2D eigenvalue weighted by Crippen LogP contribution is -2.38. The van der Waals surface area contributed by atoms with Crippen LogP contribution >= 0.6 is 0 Å². The molecule has 0 aliphatic rings. The lowest BCUT2D eigenvalue weighted by Gasteiger charge is -2.20. The van der Waals surface area contributed by atoms with E-state index in [4.69, 9.17) is 5.73 Å². The fourth-order valence-electron chi connectivity index (χ4n) is 1.37. The predicted molar refractivity (Wildman–Crippen MR) is 63.0 cm³/mol. The third-order valence-electron chi connectivity index (χ3n) is 2.29. The van der Waals surface area contributed by atoms with Gasteiger partial charge in [-0.25, -0.2) is 0 Å². The molecule has 0 amide bonds. The van der Waals surface area contributed by atoms with Crippen LogP contribution in [0.3, 0.4) is 0 Å². The van der Waals surface area contributed by atoms with Crippen LogP contribution in [-0.4, -0.2) is 61.7 Å². The summed E-state index contributed by atoms with van der Waals surface area (Å²) >= 11 is 0. The SMILES string of the molecule is CCN(CC)C(N)=NCCN(C)CC(F)(F)F. The molecule has 0 unspecified atom stereocenters. The van der Waals surface area contributed by atoms with Crippen molar-refractivity contribution in [2.24, 2.45) is 10.7 Å². The highest BCUT2D eigenvalue weighted by Gasteiger charge is 2.28. The first kappa shape index (κ1) is 16.0. The Morgan fingerprint density at radius 1 is 1.24 bits per heavy atom. The zero-order valence-electron chi connectivity index (χ0n) is 10.6.